The molecule has 0 spiro atoms. The van der Waals surface area contributed by atoms with E-state index in [1.54, 1.807) is 0 Å². The van der Waals surface area contributed by atoms with E-state index < -0.39 is 0 Å². The van der Waals surface area contributed by atoms with Crippen LogP contribution in [0.4, 0.5) is 0 Å². The largest absolute Gasteiger partial charge is 0.313 e. The summed E-state index contributed by atoms with van der Waals surface area (Å²) in [4.78, 5) is 2.65. The summed E-state index contributed by atoms with van der Waals surface area (Å²) in [5.41, 5.74) is 0.634. The van der Waals surface area contributed by atoms with E-state index in [0.717, 1.165) is 6.54 Å². The van der Waals surface area contributed by atoms with E-state index in [2.05, 4.69) is 37.9 Å². The van der Waals surface area contributed by atoms with Crippen LogP contribution in [-0.2, 0) is 0 Å². The number of nitrogens with one attached hydrogen (secondary N) is 1. The van der Waals surface area contributed by atoms with Crippen molar-refractivity contribution >= 4 is 0 Å². The first kappa shape index (κ1) is 15.0. The van der Waals surface area contributed by atoms with Gasteiger partial charge in [-0.25, -0.2) is 0 Å². The SMILES string of the molecule is CCCC(C)NCCN1CCC(CC)(CC)C1. The Hall–Kier alpha value is -0.0800. The zero-order chi connectivity index (χ0) is 12.7. The molecule has 1 aliphatic heterocycles. The molecule has 0 saturated carbocycles. The van der Waals surface area contributed by atoms with E-state index in [1.807, 2.05) is 0 Å². The molecule has 2 heteroatoms. The number of rotatable bonds is 8. The van der Waals surface area contributed by atoms with Gasteiger partial charge in [0, 0.05) is 25.7 Å². The highest BCUT2D eigenvalue weighted by Crippen LogP contribution is 2.36. The summed E-state index contributed by atoms with van der Waals surface area (Å²) in [5.74, 6) is 0. The van der Waals surface area contributed by atoms with E-state index in [0.29, 0.717) is 11.5 Å². The average molecular weight is 240 g/mol. The van der Waals surface area contributed by atoms with Crippen LogP contribution in [0.1, 0.15) is 59.8 Å². The highest BCUT2D eigenvalue weighted by molar-refractivity contribution is 4.88. The van der Waals surface area contributed by atoms with E-state index in [-0.39, 0.29) is 0 Å². The molecule has 0 bridgehead atoms. The highest BCUT2D eigenvalue weighted by atomic mass is 15.2. The van der Waals surface area contributed by atoms with Crippen LogP contribution in [0, 0.1) is 5.41 Å². The first-order chi connectivity index (χ1) is 8.15. The lowest BCUT2D eigenvalue weighted by Gasteiger charge is -2.26. The molecule has 1 N–H and O–H groups in total. The van der Waals surface area contributed by atoms with Gasteiger partial charge in [0.05, 0.1) is 0 Å². The van der Waals surface area contributed by atoms with Gasteiger partial charge in [0.15, 0.2) is 0 Å². The lowest BCUT2D eigenvalue weighted by molar-refractivity contribution is 0.239. The molecule has 0 aromatic rings. The van der Waals surface area contributed by atoms with Gasteiger partial charge in [0.25, 0.3) is 0 Å². The minimum Gasteiger partial charge on any atom is -0.313 e. The van der Waals surface area contributed by atoms with Crippen molar-refractivity contribution in [3.05, 3.63) is 0 Å². The molecule has 1 rings (SSSR count). The monoisotopic (exact) mass is 240 g/mol. The van der Waals surface area contributed by atoms with E-state index in [9.17, 15) is 0 Å². The second-order valence-electron chi connectivity index (χ2n) is 5.88. The summed E-state index contributed by atoms with van der Waals surface area (Å²) < 4.78 is 0. The zero-order valence-corrected chi connectivity index (χ0v) is 12.4. The lowest BCUT2D eigenvalue weighted by Crippen LogP contribution is -2.36. The van der Waals surface area contributed by atoms with Gasteiger partial charge in [-0.3, -0.25) is 0 Å². The smallest absolute Gasteiger partial charge is 0.0107 e. The molecule has 0 aliphatic carbocycles. The Bertz CT molecular complexity index is 199. The molecule has 1 atom stereocenters. The van der Waals surface area contributed by atoms with Gasteiger partial charge in [-0.2, -0.15) is 0 Å². The van der Waals surface area contributed by atoms with Crippen molar-refractivity contribution in [3.8, 4) is 0 Å². The van der Waals surface area contributed by atoms with Gasteiger partial charge in [-0.05, 0) is 44.6 Å². The Labute approximate surface area is 108 Å². The van der Waals surface area contributed by atoms with Crippen LogP contribution in [0.25, 0.3) is 0 Å². The summed E-state index contributed by atoms with van der Waals surface area (Å²) in [6, 6.07) is 0.685. The molecule has 0 amide bonds. The van der Waals surface area contributed by atoms with Gasteiger partial charge in [-0.1, -0.05) is 27.2 Å². The molecule has 1 unspecified atom stereocenters. The van der Waals surface area contributed by atoms with Gasteiger partial charge in [-0.15, -0.1) is 0 Å². The number of likely N-dealkylation sites (tertiary alicyclic amines) is 1. The maximum Gasteiger partial charge on any atom is 0.0107 e. The quantitative estimate of drug-likeness (QED) is 0.700. The summed E-state index contributed by atoms with van der Waals surface area (Å²) in [6.45, 7) is 14.3. The summed E-state index contributed by atoms with van der Waals surface area (Å²) in [5, 5.41) is 3.63. The first-order valence-corrected chi connectivity index (χ1v) is 7.61. The number of hydrogen-bond donors (Lipinski definition) is 1. The summed E-state index contributed by atoms with van der Waals surface area (Å²) >= 11 is 0. The third kappa shape index (κ3) is 4.59. The van der Waals surface area contributed by atoms with Crippen molar-refractivity contribution in [2.45, 2.75) is 65.8 Å². The Morgan fingerprint density at radius 1 is 1.24 bits per heavy atom. The predicted molar refractivity (Wildman–Crippen MR) is 76.4 cm³/mol. The molecular weight excluding hydrogens is 208 g/mol. The molecule has 1 aliphatic rings. The topological polar surface area (TPSA) is 15.3 Å². The number of nitrogens with zero attached hydrogens (tertiary/aromatic N) is 1. The summed E-state index contributed by atoms with van der Waals surface area (Å²) in [6.07, 6.45) is 6.68. The minimum atomic E-state index is 0.634. The molecule has 1 saturated heterocycles. The average Bonchev–Trinajstić information content (AvgIpc) is 2.74. The van der Waals surface area contributed by atoms with Gasteiger partial charge in [0.1, 0.15) is 0 Å². The van der Waals surface area contributed by atoms with Crippen LogP contribution in [0.2, 0.25) is 0 Å². The first-order valence-electron chi connectivity index (χ1n) is 7.61. The zero-order valence-electron chi connectivity index (χ0n) is 12.4. The Morgan fingerprint density at radius 2 is 1.94 bits per heavy atom. The van der Waals surface area contributed by atoms with Crippen LogP contribution >= 0.6 is 0 Å². The summed E-state index contributed by atoms with van der Waals surface area (Å²) in [7, 11) is 0. The van der Waals surface area contributed by atoms with E-state index in [4.69, 9.17) is 0 Å². The normalized spacial score (nSPS) is 21.9. The molecule has 1 heterocycles. The maximum atomic E-state index is 3.63. The number of hydrogen-bond acceptors (Lipinski definition) is 2. The Morgan fingerprint density at radius 3 is 2.47 bits per heavy atom. The predicted octanol–water partition coefficient (Wildman–Crippen LogP) is 3.28. The van der Waals surface area contributed by atoms with E-state index >= 15 is 0 Å². The molecule has 17 heavy (non-hydrogen) atoms. The second-order valence-corrected chi connectivity index (χ2v) is 5.88. The minimum absolute atomic E-state index is 0.634. The third-order valence-electron chi connectivity index (χ3n) is 4.66. The van der Waals surface area contributed by atoms with Crippen LogP contribution in [0.5, 0.6) is 0 Å². The fourth-order valence-corrected chi connectivity index (χ4v) is 3.05. The van der Waals surface area contributed by atoms with Crippen LogP contribution in [0.15, 0.2) is 0 Å². The highest BCUT2D eigenvalue weighted by Gasteiger charge is 2.34. The van der Waals surface area contributed by atoms with Gasteiger partial charge >= 0.3 is 0 Å². The van der Waals surface area contributed by atoms with Crippen LogP contribution < -0.4 is 5.32 Å². The molecule has 102 valence electrons. The van der Waals surface area contributed by atoms with Gasteiger partial charge < -0.3 is 10.2 Å². The standard InChI is InChI=1S/C15H32N2/c1-5-8-14(4)16-10-12-17-11-9-15(6-2,7-3)13-17/h14,16H,5-13H2,1-4H3. The van der Waals surface area contributed by atoms with E-state index in [1.165, 1.54) is 51.7 Å². The van der Waals surface area contributed by atoms with Crippen LogP contribution in [0.3, 0.4) is 0 Å². The Kier molecular flexibility index (Phi) is 6.50. The molecule has 0 aromatic carbocycles. The van der Waals surface area contributed by atoms with Crippen molar-refractivity contribution in [2.75, 3.05) is 26.2 Å². The maximum absolute atomic E-state index is 3.63. The van der Waals surface area contributed by atoms with Gasteiger partial charge in [0.2, 0.25) is 0 Å². The fourth-order valence-electron chi connectivity index (χ4n) is 3.05. The third-order valence-corrected chi connectivity index (χ3v) is 4.66. The molecule has 0 aromatic heterocycles. The van der Waals surface area contributed by atoms with Crippen molar-refractivity contribution in [1.82, 2.24) is 10.2 Å². The second kappa shape index (κ2) is 7.38. The molecule has 1 fully saturated rings. The van der Waals surface area contributed by atoms with Crippen molar-refractivity contribution in [1.29, 1.82) is 0 Å². The Balaban J connectivity index is 2.18. The fraction of sp³-hybridized carbons (Fsp3) is 1.00. The van der Waals surface area contributed by atoms with Crippen molar-refractivity contribution < 1.29 is 0 Å². The van der Waals surface area contributed by atoms with Crippen molar-refractivity contribution in [3.63, 3.8) is 0 Å². The van der Waals surface area contributed by atoms with Crippen molar-refractivity contribution in [2.24, 2.45) is 5.41 Å². The lowest BCUT2D eigenvalue weighted by atomic mass is 9.82. The molecule has 2 nitrogen and oxygen atoms in total. The molecule has 0 radical (unpaired) electrons. The van der Waals surface area contributed by atoms with Crippen LogP contribution in [-0.4, -0.2) is 37.1 Å². The molecular formula is C15H32N2.